The summed E-state index contributed by atoms with van der Waals surface area (Å²) in [5.74, 6) is -1.65. The number of fused-ring (bicyclic) bond motifs is 4. The van der Waals surface area contributed by atoms with Gasteiger partial charge in [-0.15, -0.1) is 10.2 Å². The lowest BCUT2D eigenvalue weighted by atomic mass is 9.85. The third-order valence-electron chi connectivity index (χ3n) is 8.65. The SMILES string of the molecule is Cc1ccc([C@@H](CC(=O)O)c2ccn3c(C(F)F)nnc3c2C)cc1CN1C[C@@H]2CCCCN2c2ncccc2S1(=O)=O. The van der Waals surface area contributed by atoms with Gasteiger partial charge in [0.25, 0.3) is 6.43 Å². The first-order valence-corrected chi connectivity index (χ1v) is 15.7. The zero-order valence-corrected chi connectivity index (χ0v) is 24.6. The minimum Gasteiger partial charge on any atom is -0.481 e. The number of rotatable bonds is 7. The third-order valence-corrected chi connectivity index (χ3v) is 10.5. The first-order valence-electron chi connectivity index (χ1n) is 14.2. The summed E-state index contributed by atoms with van der Waals surface area (Å²) in [7, 11) is -3.88. The second-order valence-corrected chi connectivity index (χ2v) is 13.2. The number of carboxylic acid groups (broad SMARTS) is 1. The summed E-state index contributed by atoms with van der Waals surface area (Å²) in [5.41, 5.74) is 3.71. The Kier molecular flexibility index (Phi) is 7.63. The number of hydrogen-bond acceptors (Lipinski definition) is 7. The first-order chi connectivity index (χ1) is 20.6. The largest absolute Gasteiger partial charge is 0.481 e. The molecule has 2 atom stereocenters. The molecule has 0 saturated carbocycles. The highest BCUT2D eigenvalue weighted by atomic mass is 32.2. The highest BCUT2D eigenvalue weighted by molar-refractivity contribution is 7.89. The molecule has 0 unspecified atom stereocenters. The van der Waals surface area contributed by atoms with Crippen molar-refractivity contribution >= 4 is 27.5 Å². The normalized spacial score (nSPS) is 19.2. The number of carbonyl (C=O) groups is 1. The smallest absolute Gasteiger partial charge is 0.304 e. The van der Waals surface area contributed by atoms with Crippen LogP contribution in [0.4, 0.5) is 14.6 Å². The van der Waals surface area contributed by atoms with Crippen LogP contribution in [0.3, 0.4) is 0 Å². The Bertz CT molecular complexity index is 1810. The highest BCUT2D eigenvalue weighted by Gasteiger charge is 2.39. The fourth-order valence-corrected chi connectivity index (χ4v) is 7.99. The number of pyridine rings is 2. The number of aryl methyl sites for hydroxylation is 2. The summed E-state index contributed by atoms with van der Waals surface area (Å²) in [5, 5.41) is 17.4. The monoisotopic (exact) mass is 610 g/mol. The van der Waals surface area contributed by atoms with Crippen molar-refractivity contribution in [2.24, 2.45) is 0 Å². The maximum Gasteiger partial charge on any atom is 0.304 e. The molecule has 13 heteroatoms. The van der Waals surface area contributed by atoms with Gasteiger partial charge < -0.3 is 10.0 Å². The van der Waals surface area contributed by atoms with Crippen molar-refractivity contribution in [3.63, 3.8) is 0 Å². The van der Waals surface area contributed by atoms with Gasteiger partial charge in [-0.05, 0) is 79.1 Å². The molecule has 1 aromatic carbocycles. The Hall–Kier alpha value is -3.97. The third kappa shape index (κ3) is 5.24. The van der Waals surface area contributed by atoms with Crippen LogP contribution in [0.15, 0.2) is 53.7 Å². The van der Waals surface area contributed by atoms with E-state index in [-0.39, 0.29) is 29.6 Å². The van der Waals surface area contributed by atoms with Crippen LogP contribution in [0, 0.1) is 13.8 Å². The molecule has 43 heavy (non-hydrogen) atoms. The summed E-state index contributed by atoms with van der Waals surface area (Å²) < 4.78 is 57.6. The van der Waals surface area contributed by atoms with Gasteiger partial charge in [0.1, 0.15) is 10.7 Å². The number of anilines is 1. The summed E-state index contributed by atoms with van der Waals surface area (Å²) in [6, 6.07) is 10.4. The van der Waals surface area contributed by atoms with Crippen LogP contribution in [0.25, 0.3) is 5.65 Å². The van der Waals surface area contributed by atoms with Crippen molar-refractivity contribution in [1.29, 1.82) is 0 Å². The maximum absolute atomic E-state index is 14.0. The molecule has 0 aliphatic carbocycles. The van der Waals surface area contributed by atoms with Crippen molar-refractivity contribution < 1.29 is 27.1 Å². The van der Waals surface area contributed by atoms with E-state index < -0.39 is 34.2 Å². The van der Waals surface area contributed by atoms with Crippen molar-refractivity contribution in [1.82, 2.24) is 23.9 Å². The lowest BCUT2D eigenvalue weighted by Crippen LogP contribution is -2.45. The molecule has 2 aliphatic rings. The van der Waals surface area contributed by atoms with Crippen molar-refractivity contribution in [2.45, 2.75) is 69.4 Å². The van der Waals surface area contributed by atoms with E-state index in [0.717, 1.165) is 36.9 Å². The van der Waals surface area contributed by atoms with Gasteiger partial charge in [-0.3, -0.25) is 9.20 Å². The molecule has 0 radical (unpaired) electrons. The average Bonchev–Trinajstić information content (AvgIpc) is 3.39. The number of aromatic nitrogens is 4. The van der Waals surface area contributed by atoms with E-state index in [1.165, 1.54) is 14.9 Å². The van der Waals surface area contributed by atoms with E-state index >= 15 is 0 Å². The predicted molar refractivity (Wildman–Crippen MR) is 155 cm³/mol. The fourth-order valence-electron chi connectivity index (χ4n) is 6.38. The van der Waals surface area contributed by atoms with Crippen LogP contribution >= 0.6 is 0 Å². The standard InChI is InChI=1S/C30H32F2N6O4S/c1-18-8-9-20(24(15-26(39)40)23-10-13-38-28(19(23)2)34-35-30(38)27(31)32)14-21(18)16-36-17-22-6-3-4-12-37(22)29-25(43(36,41)42)7-5-11-33-29/h5,7-11,13-14,22,24,27H,3-4,6,12,15-17H2,1-2H3,(H,39,40)/t22-,24+/m0/s1. The molecule has 0 spiro atoms. The Morgan fingerprint density at radius 3 is 2.72 bits per heavy atom. The molecule has 1 saturated heterocycles. The molecule has 1 N–H and O–H groups in total. The lowest BCUT2D eigenvalue weighted by molar-refractivity contribution is -0.137. The number of aliphatic carboxylic acids is 1. The summed E-state index contributed by atoms with van der Waals surface area (Å²) >= 11 is 0. The van der Waals surface area contributed by atoms with Gasteiger partial charge >= 0.3 is 5.97 Å². The molecule has 10 nitrogen and oxygen atoms in total. The molecule has 6 rings (SSSR count). The van der Waals surface area contributed by atoms with Crippen LogP contribution < -0.4 is 4.90 Å². The van der Waals surface area contributed by atoms with Gasteiger partial charge in [0.15, 0.2) is 5.65 Å². The van der Waals surface area contributed by atoms with Crippen molar-refractivity contribution in [2.75, 3.05) is 18.0 Å². The zero-order chi connectivity index (χ0) is 30.5. The second kappa shape index (κ2) is 11.3. The van der Waals surface area contributed by atoms with E-state index in [1.807, 2.05) is 25.1 Å². The molecular formula is C30H32F2N6O4S. The molecule has 4 aromatic rings. The molecule has 5 heterocycles. The molecule has 0 amide bonds. The lowest BCUT2D eigenvalue weighted by Gasteiger charge is -2.36. The van der Waals surface area contributed by atoms with Gasteiger partial charge in [-0.1, -0.05) is 18.2 Å². The van der Waals surface area contributed by atoms with E-state index in [2.05, 4.69) is 20.1 Å². The Balaban J connectivity index is 1.40. The minimum atomic E-state index is -3.88. The molecule has 1 fully saturated rings. The van der Waals surface area contributed by atoms with Gasteiger partial charge in [0, 0.05) is 44.0 Å². The van der Waals surface area contributed by atoms with Crippen LogP contribution in [0.5, 0.6) is 0 Å². The van der Waals surface area contributed by atoms with Gasteiger partial charge in [0.05, 0.1) is 6.42 Å². The highest BCUT2D eigenvalue weighted by Crippen LogP contribution is 2.37. The number of carboxylic acids is 1. The maximum atomic E-state index is 14.0. The van der Waals surface area contributed by atoms with Crippen molar-refractivity contribution in [3.8, 4) is 0 Å². The predicted octanol–water partition coefficient (Wildman–Crippen LogP) is 4.85. The minimum absolute atomic E-state index is 0.00131. The molecular weight excluding hydrogens is 578 g/mol. The Morgan fingerprint density at radius 2 is 1.95 bits per heavy atom. The molecule has 3 aromatic heterocycles. The number of alkyl halides is 2. The van der Waals surface area contributed by atoms with Crippen LogP contribution in [-0.4, -0.2) is 62.5 Å². The number of piperidine rings is 1. The number of hydrogen-bond donors (Lipinski definition) is 1. The number of benzene rings is 1. The summed E-state index contributed by atoms with van der Waals surface area (Å²) in [6.45, 7) is 4.79. The zero-order valence-electron chi connectivity index (χ0n) is 23.8. The number of sulfonamides is 1. The van der Waals surface area contributed by atoms with E-state index in [4.69, 9.17) is 0 Å². The van der Waals surface area contributed by atoms with Gasteiger partial charge in [-0.25, -0.2) is 22.2 Å². The van der Waals surface area contributed by atoms with Gasteiger partial charge in [-0.2, -0.15) is 4.31 Å². The second-order valence-electron chi connectivity index (χ2n) is 11.3. The van der Waals surface area contributed by atoms with E-state index in [9.17, 15) is 27.1 Å². The van der Waals surface area contributed by atoms with E-state index in [1.54, 1.807) is 31.3 Å². The summed E-state index contributed by atoms with van der Waals surface area (Å²) in [4.78, 5) is 18.8. The van der Waals surface area contributed by atoms with E-state index in [0.29, 0.717) is 29.1 Å². The fraction of sp³-hybridized carbons (Fsp3) is 0.400. The van der Waals surface area contributed by atoms with Crippen LogP contribution in [-0.2, 0) is 21.4 Å². The first kappa shape index (κ1) is 29.1. The van der Waals surface area contributed by atoms with Crippen LogP contribution in [0.2, 0.25) is 0 Å². The Morgan fingerprint density at radius 1 is 1.14 bits per heavy atom. The topological polar surface area (TPSA) is 121 Å². The Labute approximate surface area is 248 Å². The van der Waals surface area contributed by atoms with Gasteiger partial charge in [0.2, 0.25) is 15.8 Å². The number of nitrogens with zero attached hydrogens (tertiary/aromatic N) is 6. The number of halogens is 2. The van der Waals surface area contributed by atoms with Crippen LogP contribution in [0.1, 0.15) is 71.7 Å². The summed E-state index contributed by atoms with van der Waals surface area (Å²) in [6.07, 6.45) is 2.84. The molecule has 0 bridgehead atoms. The molecule has 2 aliphatic heterocycles. The quantitative estimate of drug-likeness (QED) is 0.315. The molecule has 226 valence electrons. The average molecular weight is 611 g/mol. The van der Waals surface area contributed by atoms with Crippen molar-refractivity contribution in [3.05, 3.63) is 82.4 Å².